The van der Waals surface area contributed by atoms with Crippen LogP contribution in [-0.2, 0) is 17.7 Å². The maximum Gasteiger partial charge on any atom is 0.318 e. The molecule has 2 aromatic rings. The Bertz CT molecular complexity index is 804. The van der Waals surface area contributed by atoms with Crippen LogP contribution in [0.25, 0.3) is 0 Å². The Morgan fingerprint density at radius 3 is 2.52 bits per heavy atom. The van der Waals surface area contributed by atoms with Crippen molar-refractivity contribution in [2.45, 2.75) is 32.9 Å². The van der Waals surface area contributed by atoms with Gasteiger partial charge >= 0.3 is 6.03 Å². The van der Waals surface area contributed by atoms with Crippen molar-refractivity contribution in [2.24, 2.45) is 5.92 Å². The van der Waals surface area contributed by atoms with Gasteiger partial charge in [0.25, 0.3) is 0 Å². The number of hydrogen-bond donors (Lipinski definition) is 1. The number of furan rings is 1. The van der Waals surface area contributed by atoms with Gasteiger partial charge in [0, 0.05) is 19.7 Å². The number of nitrogens with one attached hydrogen (secondary N) is 1. The Hall–Kier alpha value is -2.67. The van der Waals surface area contributed by atoms with Gasteiger partial charge in [-0.2, -0.15) is 0 Å². The predicted octanol–water partition coefficient (Wildman–Crippen LogP) is 3.78. The molecule has 158 valence electrons. The minimum atomic E-state index is -0.331. The lowest BCUT2D eigenvalue weighted by Gasteiger charge is -2.31. The summed E-state index contributed by atoms with van der Waals surface area (Å²) < 4.78 is 22.1. The van der Waals surface area contributed by atoms with Crippen molar-refractivity contribution in [3.05, 3.63) is 47.4 Å². The SMILES string of the molecule is COc1cc2c(cc1OC)CN(C(=O)NC(COCC(C)C)c1ccco1)CC2. The van der Waals surface area contributed by atoms with E-state index in [2.05, 4.69) is 19.2 Å². The molecule has 1 N–H and O–H groups in total. The molecule has 2 heterocycles. The number of rotatable bonds is 8. The molecule has 0 bridgehead atoms. The lowest BCUT2D eigenvalue weighted by Crippen LogP contribution is -2.45. The molecule has 7 heteroatoms. The highest BCUT2D eigenvalue weighted by Crippen LogP contribution is 2.33. The zero-order valence-corrected chi connectivity index (χ0v) is 17.6. The fraction of sp³-hybridized carbons (Fsp3) is 0.500. The maximum absolute atomic E-state index is 12.9. The number of carbonyl (C=O) groups excluding carboxylic acids is 1. The molecule has 1 aliphatic rings. The van der Waals surface area contributed by atoms with E-state index in [1.54, 1.807) is 25.4 Å². The van der Waals surface area contributed by atoms with Crippen molar-refractivity contribution >= 4 is 6.03 Å². The molecule has 0 radical (unpaired) electrons. The Kier molecular flexibility index (Phi) is 7.04. The highest BCUT2D eigenvalue weighted by atomic mass is 16.5. The Morgan fingerprint density at radius 2 is 1.90 bits per heavy atom. The Balaban J connectivity index is 1.68. The first kappa shape index (κ1) is 21.0. The summed E-state index contributed by atoms with van der Waals surface area (Å²) in [7, 11) is 3.24. The Morgan fingerprint density at radius 1 is 1.17 bits per heavy atom. The molecule has 29 heavy (non-hydrogen) atoms. The fourth-order valence-electron chi connectivity index (χ4n) is 3.40. The van der Waals surface area contributed by atoms with Crippen molar-refractivity contribution in [3.8, 4) is 11.5 Å². The molecule has 0 aliphatic carbocycles. The molecule has 0 fully saturated rings. The number of amides is 2. The van der Waals surface area contributed by atoms with Crippen LogP contribution in [0.3, 0.4) is 0 Å². The summed E-state index contributed by atoms with van der Waals surface area (Å²) in [5, 5.41) is 3.06. The van der Waals surface area contributed by atoms with E-state index in [9.17, 15) is 4.79 Å². The van der Waals surface area contributed by atoms with Crippen LogP contribution in [0.15, 0.2) is 34.9 Å². The third kappa shape index (κ3) is 5.23. The zero-order chi connectivity index (χ0) is 20.8. The first-order valence-corrected chi connectivity index (χ1v) is 9.92. The standard InChI is InChI=1S/C22H30N2O5/c1-15(2)13-28-14-18(19-6-5-9-29-19)23-22(25)24-8-7-16-10-20(26-3)21(27-4)11-17(16)12-24/h5-6,9-11,15,18H,7-8,12-14H2,1-4H3,(H,23,25). The minimum Gasteiger partial charge on any atom is -0.493 e. The molecule has 1 atom stereocenters. The monoisotopic (exact) mass is 402 g/mol. The molecular weight excluding hydrogens is 372 g/mol. The van der Waals surface area contributed by atoms with Crippen LogP contribution >= 0.6 is 0 Å². The second kappa shape index (κ2) is 9.69. The van der Waals surface area contributed by atoms with Gasteiger partial charge in [-0.3, -0.25) is 0 Å². The van der Waals surface area contributed by atoms with Crippen LogP contribution in [0, 0.1) is 5.92 Å². The van der Waals surface area contributed by atoms with E-state index in [0.29, 0.717) is 49.5 Å². The molecule has 7 nitrogen and oxygen atoms in total. The molecule has 2 amide bonds. The summed E-state index contributed by atoms with van der Waals surface area (Å²) in [5.74, 6) is 2.49. The second-order valence-electron chi connectivity index (χ2n) is 7.60. The molecule has 3 rings (SSSR count). The average Bonchev–Trinajstić information content (AvgIpc) is 3.25. The van der Waals surface area contributed by atoms with Crippen LogP contribution in [0.4, 0.5) is 4.79 Å². The van der Waals surface area contributed by atoms with E-state index < -0.39 is 0 Å². The van der Waals surface area contributed by atoms with Gasteiger partial charge in [0.1, 0.15) is 11.8 Å². The number of carbonyl (C=O) groups is 1. The van der Waals surface area contributed by atoms with Crippen LogP contribution in [0.2, 0.25) is 0 Å². The van der Waals surface area contributed by atoms with Gasteiger partial charge in [0.05, 0.1) is 27.1 Å². The summed E-state index contributed by atoms with van der Waals surface area (Å²) in [6.45, 7) is 6.33. The summed E-state index contributed by atoms with van der Waals surface area (Å²) in [5.41, 5.74) is 2.24. The quantitative estimate of drug-likeness (QED) is 0.727. The Labute approximate surface area is 171 Å². The van der Waals surface area contributed by atoms with Crippen LogP contribution < -0.4 is 14.8 Å². The van der Waals surface area contributed by atoms with Crippen LogP contribution in [-0.4, -0.2) is 44.9 Å². The molecule has 1 aliphatic heterocycles. The normalized spacial score (nSPS) is 14.4. The number of methoxy groups -OCH3 is 2. The lowest BCUT2D eigenvalue weighted by molar-refractivity contribution is 0.0841. The van der Waals surface area contributed by atoms with E-state index in [0.717, 1.165) is 12.0 Å². The lowest BCUT2D eigenvalue weighted by atomic mass is 9.99. The summed E-state index contributed by atoms with van der Waals surface area (Å²) in [6.07, 6.45) is 2.37. The van der Waals surface area contributed by atoms with Gasteiger partial charge in [-0.25, -0.2) is 4.79 Å². The van der Waals surface area contributed by atoms with Crippen molar-refractivity contribution in [3.63, 3.8) is 0 Å². The van der Waals surface area contributed by atoms with Crippen LogP contribution in [0.5, 0.6) is 11.5 Å². The molecule has 1 unspecified atom stereocenters. The van der Waals surface area contributed by atoms with E-state index in [4.69, 9.17) is 18.6 Å². The molecule has 1 aromatic heterocycles. The number of hydrogen-bond acceptors (Lipinski definition) is 5. The van der Waals surface area contributed by atoms with Crippen molar-refractivity contribution in [2.75, 3.05) is 34.0 Å². The number of urea groups is 1. The van der Waals surface area contributed by atoms with E-state index in [-0.39, 0.29) is 12.1 Å². The zero-order valence-electron chi connectivity index (χ0n) is 17.6. The average molecular weight is 402 g/mol. The van der Waals surface area contributed by atoms with Gasteiger partial charge in [-0.05, 0) is 47.7 Å². The molecular formula is C22H30N2O5. The third-order valence-electron chi connectivity index (χ3n) is 4.93. The second-order valence-corrected chi connectivity index (χ2v) is 7.60. The molecule has 1 aromatic carbocycles. The largest absolute Gasteiger partial charge is 0.493 e. The first-order valence-electron chi connectivity index (χ1n) is 9.92. The smallest absolute Gasteiger partial charge is 0.318 e. The van der Waals surface area contributed by atoms with E-state index in [1.807, 2.05) is 24.3 Å². The summed E-state index contributed by atoms with van der Waals surface area (Å²) >= 11 is 0. The van der Waals surface area contributed by atoms with Gasteiger partial charge < -0.3 is 28.8 Å². The van der Waals surface area contributed by atoms with Crippen molar-refractivity contribution < 1.29 is 23.4 Å². The first-order chi connectivity index (χ1) is 14.0. The van der Waals surface area contributed by atoms with Crippen molar-refractivity contribution in [1.82, 2.24) is 10.2 Å². The van der Waals surface area contributed by atoms with Gasteiger partial charge in [0.15, 0.2) is 11.5 Å². The van der Waals surface area contributed by atoms with Gasteiger partial charge in [0.2, 0.25) is 0 Å². The maximum atomic E-state index is 12.9. The number of ether oxygens (including phenoxy) is 3. The van der Waals surface area contributed by atoms with Gasteiger partial charge in [-0.15, -0.1) is 0 Å². The van der Waals surface area contributed by atoms with Crippen LogP contribution in [0.1, 0.15) is 36.8 Å². The van der Waals surface area contributed by atoms with Gasteiger partial charge in [-0.1, -0.05) is 13.8 Å². The predicted molar refractivity (Wildman–Crippen MR) is 109 cm³/mol. The number of benzene rings is 1. The van der Waals surface area contributed by atoms with E-state index in [1.165, 1.54) is 5.56 Å². The molecule has 0 spiro atoms. The fourth-order valence-corrected chi connectivity index (χ4v) is 3.40. The van der Waals surface area contributed by atoms with Crippen molar-refractivity contribution in [1.29, 1.82) is 0 Å². The third-order valence-corrected chi connectivity index (χ3v) is 4.93. The molecule has 0 saturated heterocycles. The number of nitrogens with zero attached hydrogens (tertiary/aromatic N) is 1. The summed E-state index contributed by atoms with van der Waals surface area (Å²) in [6, 6.07) is 7.14. The number of fused-ring (bicyclic) bond motifs is 1. The molecule has 0 saturated carbocycles. The minimum absolute atomic E-state index is 0.139. The summed E-state index contributed by atoms with van der Waals surface area (Å²) in [4.78, 5) is 14.7. The highest BCUT2D eigenvalue weighted by Gasteiger charge is 2.26. The topological polar surface area (TPSA) is 73.2 Å². The highest BCUT2D eigenvalue weighted by molar-refractivity contribution is 5.75. The van der Waals surface area contributed by atoms with E-state index >= 15 is 0 Å².